The molecule has 0 aliphatic heterocycles. The number of nitro benzene ring substituents is 1. The minimum Gasteiger partial charge on any atom is -0.357 e. The molecule has 8 heteroatoms. The number of nitrogens with zero attached hydrogens (tertiary/aromatic N) is 2. The molecule has 33 heavy (non-hydrogen) atoms. The Morgan fingerprint density at radius 3 is 2.24 bits per heavy atom. The number of nitro groups is 1. The van der Waals surface area contributed by atoms with Crippen molar-refractivity contribution in [2.45, 2.75) is 25.4 Å². The van der Waals surface area contributed by atoms with Gasteiger partial charge in [-0.1, -0.05) is 72.3 Å². The van der Waals surface area contributed by atoms with Crippen molar-refractivity contribution >= 4 is 29.1 Å². The van der Waals surface area contributed by atoms with E-state index in [9.17, 15) is 19.7 Å². The highest BCUT2D eigenvalue weighted by Crippen LogP contribution is 2.22. The molecule has 0 fully saturated rings. The van der Waals surface area contributed by atoms with Crippen LogP contribution in [0.3, 0.4) is 0 Å². The van der Waals surface area contributed by atoms with Crippen LogP contribution in [0, 0.1) is 10.1 Å². The molecule has 1 N–H and O–H groups in total. The smallest absolute Gasteiger partial charge is 0.273 e. The summed E-state index contributed by atoms with van der Waals surface area (Å²) in [5.41, 5.74) is 1.85. The van der Waals surface area contributed by atoms with Crippen LogP contribution < -0.4 is 5.32 Å². The molecular formula is C25H24ClN3O4. The van der Waals surface area contributed by atoms with Gasteiger partial charge < -0.3 is 10.2 Å². The molecule has 1 unspecified atom stereocenters. The van der Waals surface area contributed by atoms with Gasteiger partial charge in [-0.3, -0.25) is 19.7 Å². The second kappa shape index (κ2) is 11.2. The van der Waals surface area contributed by atoms with E-state index in [1.807, 2.05) is 30.3 Å². The molecule has 0 bridgehead atoms. The van der Waals surface area contributed by atoms with Crippen molar-refractivity contribution in [1.29, 1.82) is 0 Å². The van der Waals surface area contributed by atoms with Gasteiger partial charge in [-0.15, -0.1) is 0 Å². The Kier molecular flexibility index (Phi) is 8.16. The minimum atomic E-state index is -0.802. The molecule has 3 rings (SSSR count). The molecule has 3 aromatic rings. The molecule has 0 aliphatic carbocycles. The number of nitrogens with one attached hydrogen (secondary N) is 1. The number of carbonyl (C=O) groups is 2. The van der Waals surface area contributed by atoms with E-state index in [2.05, 4.69) is 5.32 Å². The lowest BCUT2D eigenvalue weighted by Crippen LogP contribution is -2.50. The third-order valence-corrected chi connectivity index (χ3v) is 5.57. The first-order valence-corrected chi connectivity index (χ1v) is 10.8. The number of carbonyl (C=O) groups excluding carboxylic acids is 2. The number of rotatable bonds is 9. The van der Waals surface area contributed by atoms with Crippen LogP contribution in [0.4, 0.5) is 5.69 Å². The predicted molar refractivity (Wildman–Crippen MR) is 127 cm³/mol. The molecule has 2 amide bonds. The highest BCUT2D eigenvalue weighted by molar-refractivity contribution is 6.30. The van der Waals surface area contributed by atoms with E-state index in [-0.39, 0.29) is 30.5 Å². The summed E-state index contributed by atoms with van der Waals surface area (Å²) < 4.78 is 0. The molecule has 0 heterocycles. The zero-order valence-electron chi connectivity index (χ0n) is 18.1. The highest BCUT2D eigenvalue weighted by atomic mass is 35.5. The molecular weight excluding hydrogens is 442 g/mol. The fourth-order valence-electron chi connectivity index (χ4n) is 3.61. The number of para-hydroxylation sites is 1. The fourth-order valence-corrected chi connectivity index (χ4v) is 3.74. The predicted octanol–water partition coefficient (Wildman–Crippen LogP) is 4.18. The van der Waals surface area contributed by atoms with Gasteiger partial charge in [0.15, 0.2) is 0 Å². The van der Waals surface area contributed by atoms with Crippen molar-refractivity contribution in [3.63, 3.8) is 0 Å². The van der Waals surface area contributed by atoms with Crippen LogP contribution in [-0.2, 0) is 29.0 Å². The van der Waals surface area contributed by atoms with Crippen LogP contribution in [0.1, 0.15) is 16.7 Å². The number of likely N-dealkylation sites (N-methyl/N-ethyl adjacent to an activating group) is 1. The zero-order chi connectivity index (χ0) is 23.8. The number of benzene rings is 3. The number of hydrogen-bond acceptors (Lipinski definition) is 4. The third-order valence-electron chi connectivity index (χ3n) is 5.31. The highest BCUT2D eigenvalue weighted by Gasteiger charge is 2.31. The van der Waals surface area contributed by atoms with Crippen LogP contribution >= 0.6 is 11.6 Å². The van der Waals surface area contributed by atoms with E-state index in [0.29, 0.717) is 17.0 Å². The summed E-state index contributed by atoms with van der Waals surface area (Å²) in [5.74, 6) is -0.701. The second-order valence-electron chi connectivity index (χ2n) is 7.53. The molecule has 0 spiro atoms. The van der Waals surface area contributed by atoms with Gasteiger partial charge in [0, 0.05) is 36.7 Å². The van der Waals surface area contributed by atoms with Gasteiger partial charge in [-0.05, 0) is 23.3 Å². The van der Waals surface area contributed by atoms with Gasteiger partial charge in [0.25, 0.3) is 5.69 Å². The SMILES string of the molecule is CNC(=O)C(Cc1ccccc1)N(Cc1ccc(Cl)cc1)C(=O)Cc1ccccc1[N+](=O)[O-]. The maximum absolute atomic E-state index is 13.5. The summed E-state index contributed by atoms with van der Waals surface area (Å²) in [6.45, 7) is 0.154. The van der Waals surface area contributed by atoms with E-state index in [1.54, 1.807) is 42.5 Å². The summed E-state index contributed by atoms with van der Waals surface area (Å²) in [7, 11) is 1.52. The normalized spacial score (nSPS) is 11.5. The van der Waals surface area contributed by atoms with Crippen LogP contribution in [0.2, 0.25) is 5.02 Å². The molecule has 0 radical (unpaired) electrons. The van der Waals surface area contributed by atoms with Crippen LogP contribution in [0.15, 0.2) is 78.9 Å². The summed E-state index contributed by atoms with van der Waals surface area (Å²) >= 11 is 6.00. The fraction of sp³-hybridized carbons (Fsp3) is 0.200. The maximum atomic E-state index is 13.5. The Balaban J connectivity index is 1.97. The van der Waals surface area contributed by atoms with E-state index < -0.39 is 11.0 Å². The quantitative estimate of drug-likeness (QED) is 0.379. The van der Waals surface area contributed by atoms with Crippen molar-refractivity contribution in [2.75, 3.05) is 7.05 Å². The van der Waals surface area contributed by atoms with E-state index in [4.69, 9.17) is 11.6 Å². The van der Waals surface area contributed by atoms with Gasteiger partial charge in [-0.2, -0.15) is 0 Å². The standard InChI is InChI=1S/C25H24ClN3O4/c1-27-25(31)23(15-18-7-3-2-4-8-18)28(17-19-11-13-21(26)14-12-19)24(30)16-20-9-5-6-10-22(20)29(32)33/h2-14,23H,15-17H2,1H3,(H,27,31). The Hall–Kier alpha value is -3.71. The Morgan fingerprint density at radius 1 is 0.970 bits per heavy atom. The minimum absolute atomic E-state index is 0.128. The van der Waals surface area contributed by atoms with Crippen molar-refractivity contribution in [3.05, 3.63) is 111 Å². The largest absolute Gasteiger partial charge is 0.357 e. The molecule has 170 valence electrons. The van der Waals surface area contributed by atoms with Gasteiger partial charge in [0.05, 0.1) is 11.3 Å². The van der Waals surface area contributed by atoms with Gasteiger partial charge in [0.1, 0.15) is 6.04 Å². The van der Waals surface area contributed by atoms with Crippen LogP contribution in [0.5, 0.6) is 0 Å². The molecule has 7 nitrogen and oxygen atoms in total. The maximum Gasteiger partial charge on any atom is 0.273 e. The Bertz CT molecular complexity index is 1120. The number of hydrogen-bond donors (Lipinski definition) is 1. The summed E-state index contributed by atoms with van der Waals surface area (Å²) in [4.78, 5) is 38.8. The first kappa shape index (κ1) is 23.9. The molecule has 0 saturated carbocycles. The zero-order valence-corrected chi connectivity index (χ0v) is 18.9. The lowest BCUT2D eigenvalue weighted by molar-refractivity contribution is -0.385. The van der Waals surface area contributed by atoms with E-state index in [1.165, 1.54) is 18.0 Å². The number of halogens is 1. The van der Waals surface area contributed by atoms with Crippen LogP contribution in [0.25, 0.3) is 0 Å². The Labute approximate surface area is 197 Å². The molecule has 0 aromatic heterocycles. The van der Waals surface area contributed by atoms with Crippen LogP contribution in [-0.4, -0.2) is 34.7 Å². The monoisotopic (exact) mass is 465 g/mol. The van der Waals surface area contributed by atoms with Crippen molar-refractivity contribution < 1.29 is 14.5 Å². The molecule has 0 saturated heterocycles. The van der Waals surface area contributed by atoms with Crippen molar-refractivity contribution in [1.82, 2.24) is 10.2 Å². The topological polar surface area (TPSA) is 92.6 Å². The van der Waals surface area contributed by atoms with Crippen molar-refractivity contribution in [3.8, 4) is 0 Å². The molecule has 3 aromatic carbocycles. The lowest BCUT2D eigenvalue weighted by atomic mass is 10.0. The first-order valence-electron chi connectivity index (χ1n) is 10.4. The molecule has 0 aliphatic rings. The van der Waals surface area contributed by atoms with Gasteiger partial charge in [0.2, 0.25) is 11.8 Å². The second-order valence-corrected chi connectivity index (χ2v) is 7.97. The summed E-state index contributed by atoms with van der Waals surface area (Å²) in [6.07, 6.45) is 0.101. The van der Waals surface area contributed by atoms with Gasteiger partial charge >= 0.3 is 0 Å². The Morgan fingerprint density at radius 2 is 1.61 bits per heavy atom. The average Bonchev–Trinajstić information content (AvgIpc) is 2.82. The first-order chi connectivity index (χ1) is 15.9. The third kappa shape index (κ3) is 6.40. The number of amides is 2. The van der Waals surface area contributed by atoms with E-state index >= 15 is 0 Å². The summed E-state index contributed by atoms with van der Waals surface area (Å²) in [6, 6.07) is 21.7. The van der Waals surface area contributed by atoms with Crippen molar-refractivity contribution in [2.24, 2.45) is 0 Å². The summed E-state index contributed by atoms with van der Waals surface area (Å²) in [5, 5.41) is 14.6. The average molecular weight is 466 g/mol. The molecule has 1 atom stereocenters. The van der Waals surface area contributed by atoms with E-state index in [0.717, 1.165) is 11.1 Å². The lowest BCUT2D eigenvalue weighted by Gasteiger charge is -2.31. The van der Waals surface area contributed by atoms with Gasteiger partial charge in [-0.25, -0.2) is 0 Å².